The van der Waals surface area contributed by atoms with Gasteiger partial charge in [-0.1, -0.05) is 47.6 Å². The van der Waals surface area contributed by atoms with E-state index in [4.69, 9.17) is 9.84 Å². The summed E-state index contributed by atoms with van der Waals surface area (Å²) >= 11 is 0. The third kappa shape index (κ3) is 10.1. The number of carboxylic acid groups (broad SMARTS) is 1. The van der Waals surface area contributed by atoms with Gasteiger partial charge in [-0.05, 0) is 78.2 Å². The highest BCUT2D eigenvalue weighted by Gasteiger charge is 2.21. The molecule has 1 rings (SSSR count). The first kappa shape index (κ1) is 23.2. The Morgan fingerprint density at radius 2 is 1.70 bits per heavy atom. The van der Waals surface area contributed by atoms with Crippen molar-refractivity contribution >= 4 is 5.97 Å². The van der Waals surface area contributed by atoms with Crippen molar-refractivity contribution in [2.24, 2.45) is 0 Å². The molecular formula is C24H36O3. The number of aliphatic carboxylic acids is 1. The van der Waals surface area contributed by atoms with Gasteiger partial charge in [-0.15, -0.1) is 0 Å². The lowest BCUT2D eigenvalue weighted by Gasteiger charge is -2.22. The number of carbonyl (C=O) groups is 1. The Labute approximate surface area is 165 Å². The van der Waals surface area contributed by atoms with Crippen LogP contribution in [0.5, 0.6) is 0 Å². The highest BCUT2D eigenvalue weighted by Crippen LogP contribution is 2.21. The van der Waals surface area contributed by atoms with Crippen molar-refractivity contribution in [3.63, 3.8) is 0 Å². The Morgan fingerprint density at radius 1 is 1.11 bits per heavy atom. The van der Waals surface area contributed by atoms with Gasteiger partial charge in [-0.2, -0.15) is 0 Å². The van der Waals surface area contributed by atoms with Gasteiger partial charge < -0.3 is 9.84 Å². The predicted octanol–water partition coefficient (Wildman–Crippen LogP) is 6.54. The standard InChI is InChI=1S/C24H36O3/c1-18(2)9-6-10-19(3)11-7-12-20(4)13-8-14-22-15-16-23(27-17-22)21(5)24(25)26/h9,11,13,15,23H,5-8,10,12,14,16-17H2,1-4H3,(H,25,26)/b19-11+,20-13+/t23-/m1/s1. The Bertz CT molecular complexity index is 628. The summed E-state index contributed by atoms with van der Waals surface area (Å²) in [5.74, 6) is -0.975. The number of hydrogen-bond acceptors (Lipinski definition) is 2. The summed E-state index contributed by atoms with van der Waals surface area (Å²) in [6, 6.07) is 0. The van der Waals surface area contributed by atoms with Crippen molar-refractivity contribution in [2.75, 3.05) is 6.61 Å². The van der Waals surface area contributed by atoms with Crippen LogP contribution in [0.4, 0.5) is 0 Å². The zero-order valence-electron chi connectivity index (χ0n) is 17.5. The number of allylic oxidation sites excluding steroid dienone is 6. The maximum atomic E-state index is 10.9. The zero-order chi connectivity index (χ0) is 20.2. The first-order valence-corrected chi connectivity index (χ1v) is 9.95. The van der Waals surface area contributed by atoms with Gasteiger partial charge in [0.1, 0.15) is 0 Å². The summed E-state index contributed by atoms with van der Waals surface area (Å²) in [4.78, 5) is 10.9. The topological polar surface area (TPSA) is 46.5 Å². The summed E-state index contributed by atoms with van der Waals surface area (Å²) in [5, 5.41) is 8.96. The molecule has 1 aliphatic rings. The fourth-order valence-corrected chi connectivity index (χ4v) is 3.01. The van der Waals surface area contributed by atoms with E-state index >= 15 is 0 Å². The Balaban J connectivity index is 2.28. The highest BCUT2D eigenvalue weighted by molar-refractivity contribution is 5.87. The van der Waals surface area contributed by atoms with Crippen LogP contribution in [0.1, 0.15) is 72.6 Å². The average Bonchev–Trinajstić information content (AvgIpc) is 2.61. The maximum Gasteiger partial charge on any atom is 0.333 e. The van der Waals surface area contributed by atoms with E-state index in [1.165, 1.54) is 22.3 Å². The summed E-state index contributed by atoms with van der Waals surface area (Å²) < 4.78 is 5.63. The molecule has 0 aromatic heterocycles. The van der Waals surface area contributed by atoms with Crippen LogP contribution in [0.2, 0.25) is 0 Å². The minimum atomic E-state index is -0.975. The predicted molar refractivity (Wildman–Crippen MR) is 114 cm³/mol. The Morgan fingerprint density at radius 3 is 2.22 bits per heavy atom. The molecule has 0 fully saturated rings. The number of ether oxygens (including phenoxy) is 1. The van der Waals surface area contributed by atoms with Gasteiger partial charge in [0.2, 0.25) is 0 Å². The number of rotatable bonds is 11. The van der Waals surface area contributed by atoms with E-state index in [0.717, 1.165) is 38.5 Å². The smallest absolute Gasteiger partial charge is 0.333 e. The molecule has 3 heteroatoms. The van der Waals surface area contributed by atoms with Gasteiger partial charge in [0.05, 0.1) is 18.3 Å². The van der Waals surface area contributed by atoms with E-state index in [-0.39, 0.29) is 11.7 Å². The molecule has 27 heavy (non-hydrogen) atoms. The van der Waals surface area contributed by atoms with Crippen LogP contribution in [0.25, 0.3) is 0 Å². The van der Waals surface area contributed by atoms with Gasteiger partial charge in [-0.25, -0.2) is 4.79 Å². The molecule has 3 nitrogen and oxygen atoms in total. The van der Waals surface area contributed by atoms with Gasteiger partial charge >= 0.3 is 5.97 Å². The minimum Gasteiger partial charge on any atom is -0.478 e. The SMILES string of the molecule is C=C(C(=O)O)[C@H]1CC=C(CC/C=C(\C)CC/C=C(\C)CCC=C(C)C)CO1. The molecule has 0 aliphatic carbocycles. The first-order valence-electron chi connectivity index (χ1n) is 9.95. The molecule has 150 valence electrons. The summed E-state index contributed by atoms with van der Waals surface area (Å²) in [6.07, 6.45) is 15.8. The van der Waals surface area contributed by atoms with Crippen LogP contribution in [0.3, 0.4) is 0 Å². The fourth-order valence-electron chi connectivity index (χ4n) is 3.01. The van der Waals surface area contributed by atoms with Crippen molar-refractivity contribution in [3.8, 4) is 0 Å². The zero-order valence-corrected chi connectivity index (χ0v) is 17.5. The second-order valence-corrected chi connectivity index (χ2v) is 7.73. The lowest BCUT2D eigenvalue weighted by molar-refractivity contribution is -0.134. The Kier molecular flexibility index (Phi) is 10.7. The van der Waals surface area contributed by atoms with Gasteiger partial charge in [0.25, 0.3) is 0 Å². The lowest BCUT2D eigenvalue weighted by Crippen LogP contribution is -2.24. The third-order valence-electron chi connectivity index (χ3n) is 4.83. The molecule has 1 N–H and O–H groups in total. The van der Waals surface area contributed by atoms with E-state index in [9.17, 15) is 4.79 Å². The van der Waals surface area contributed by atoms with E-state index in [2.05, 4.69) is 58.6 Å². The Hall–Kier alpha value is -1.87. The molecule has 0 unspecified atom stereocenters. The van der Waals surface area contributed by atoms with Crippen molar-refractivity contribution in [1.29, 1.82) is 0 Å². The average molecular weight is 373 g/mol. The van der Waals surface area contributed by atoms with Crippen LogP contribution < -0.4 is 0 Å². The summed E-state index contributed by atoms with van der Waals surface area (Å²) in [5.41, 5.74) is 5.69. The van der Waals surface area contributed by atoms with Crippen LogP contribution in [0.15, 0.2) is 58.7 Å². The highest BCUT2D eigenvalue weighted by atomic mass is 16.5. The summed E-state index contributed by atoms with van der Waals surface area (Å²) in [7, 11) is 0. The van der Waals surface area contributed by atoms with E-state index < -0.39 is 5.97 Å². The van der Waals surface area contributed by atoms with Crippen LogP contribution in [-0.4, -0.2) is 23.8 Å². The monoisotopic (exact) mass is 372 g/mol. The molecule has 0 saturated carbocycles. The molecule has 0 spiro atoms. The fraction of sp³-hybridized carbons (Fsp3) is 0.542. The van der Waals surface area contributed by atoms with Crippen molar-refractivity contribution in [3.05, 3.63) is 58.7 Å². The number of carboxylic acids is 1. The molecule has 0 saturated heterocycles. The molecular weight excluding hydrogens is 336 g/mol. The van der Waals surface area contributed by atoms with Crippen LogP contribution >= 0.6 is 0 Å². The number of hydrogen-bond donors (Lipinski definition) is 1. The van der Waals surface area contributed by atoms with E-state index in [0.29, 0.717) is 13.0 Å². The normalized spacial score (nSPS) is 18.1. The quantitative estimate of drug-likeness (QED) is 0.331. The van der Waals surface area contributed by atoms with Crippen molar-refractivity contribution in [1.82, 2.24) is 0 Å². The van der Waals surface area contributed by atoms with Crippen molar-refractivity contribution in [2.45, 2.75) is 78.7 Å². The lowest BCUT2D eigenvalue weighted by atomic mass is 10.0. The molecule has 1 heterocycles. The molecule has 1 aliphatic heterocycles. The molecule has 0 radical (unpaired) electrons. The van der Waals surface area contributed by atoms with Crippen LogP contribution in [0, 0.1) is 0 Å². The van der Waals surface area contributed by atoms with Gasteiger partial charge in [0.15, 0.2) is 0 Å². The van der Waals surface area contributed by atoms with Crippen molar-refractivity contribution < 1.29 is 14.6 Å². The van der Waals surface area contributed by atoms with Gasteiger partial charge in [-0.3, -0.25) is 0 Å². The minimum absolute atomic E-state index is 0.144. The molecule has 1 atom stereocenters. The summed E-state index contributed by atoms with van der Waals surface area (Å²) in [6.45, 7) is 12.8. The van der Waals surface area contributed by atoms with Gasteiger partial charge in [0, 0.05) is 0 Å². The van der Waals surface area contributed by atoms with E-state index in [1.54, 1.807) is 0 Å². The van der Waals surface area contributed by atoms with Crippen LogP contribution in [-0.2, 0) is 9.53 Å². The maximum absolute atomic E-state index is 10.9. The second kappa shape index (κ2) is 12.5. The molecule has 0 amide bonds. The largest absolute Gasteiger partial charge is 0.478 e. The third-order valence-corrected chi connectivity index (χ3v) is 4.83. The molecule has 0 bridgehead atoms. The van der Waals surface area contributed by atoms with E-state index in [1.807, 2.05) is 0 Å². The molecule has 0 aromatic carbocycles. The second-order valence-electron chi connectivity index (χ2n) is 7.73. The molecule has 0 aromatic rings. The first-order chi connectivity index (χ1) is 12.8.